The highest BCUT2D eigenvalue weighted by atomic mass is 16.5. The molecule has 0 unspecified atom stereocenters. The van der Waals surface area contributed by atoms with Crippen LogP contribution in [0.4, 0.5) is 0 Å². The van der Waals surface area contributed by atoms with Crippen LogP contribution in [0.3, 0.4) is 0 Å². The van der Waals surface area contributed by atoms with Crippen molar-refractivity contribution >= 4 is 22.8 Å². The highest BCUT2D eigenvalue weighted by molar-refractivity contribution is 6.07. The van der Waals surface area contributed by atoms with E-state index < -0.39 is 5.97 Å². The molecule has 0 saturated heterocycles. The molecule has 0 aliphatic rings. The van der Waals surface area contributed by atoms with Crippen LogP contribution in [-0.4, -0.2) is 35.5 Å². The predicted molar refractivity (Wildman–Crippen MR) is 89.3 cm³/mol. The Morgan fingerprint density at radius 2 is 1.88 bits per heavy atom. The topological polar surface area (TPSA) is 81.2 Å². The van der Waals surface area contributed by atoms with Gasteiger partial charge >= 0.3 is 5.97 Å². The summed E-state index contributed by atoms with van der Waals surface area (Å²) in [6.07, 6.45) is 1.67. The summed E-state index contributed by atoms with van der Waals surface area (Å²) in [5.41, 5.74) is 2.39. The van der Waals surface area contributed by atoms with Gasteiger partial charge in [0, 0.05) is 11.6 Å². The number of benzene rings is 1. The second-order valence-electron chi connectivity index (χ2n) is 5.05. The molecule has 0 atom stereocenters. The van der Waals surface area contributed by atoms with Gasteiger partial charge in [-0.3, -0.25) is 14.6 Å². The van der Waals surface area contributed by atoms with Gasteiger partial charge in [-0.1, -0.05) is 24.3 Å². The van der Waals surface area contributed by atoms with Crippen molar-refractivity contribution in [3.8, 4) is 11.4 Å². The molecule has 0 radical (unpaired) electrons. The zero-order chi connectivity index (χ0) is 16.9. The molecule has 3 rings (SSSR count). The second kappa shape index (κ2) is 6.87. The van der Waals surface area contributed by atoms with E-state index >= 15 is 0 Å². The van der Waals surface area contributed by atoms with Gasteiger partial charge in [0.1, 0.15) is 6.54 Å². The van der Waals surface area contributed by atoms with Gasteiger partial charge in [0.15, 0.2) is 0 Å². The Morgan fingerprint density at radius 3 is 2.62 bits per heavy atom. The lowest BCUT2D eigenvalue weighted by Crippen LogP contribution is -2.30. The first-order valence-electron chi connectivity index (χ1n) is 7.35. The summed E-state index contributed by atoms with van der Waals surface area (Å²) in [4.78, 5) is 32.6. The summed E-state index contributed by atoms with van der Waals surface area (Å²) < 4.78 is 4.54. The molecule has 1 aromatic carbocycles. The fourth-order valence-corrected chi connectivity index (χ4v) is 2.33. The number of fused-ring (bicyclic) bond motifs is 1. The fourth-order valence-electron chi connectivity index (χ4n) is 2.33. The molecule has 6 nitrogen and oxygen atoms in total. The molecule has 0 aliphatic heterocycles. The van der Waals surface area contributed by atoms with E-state index in [9.17, 15) is 9.59 Å². The van der Waals surface area contributed by atoms with Crippen molar-refractivity contribution in [1.29, 1.82) is 0 Å². The number of carbonyl (C=O) groups is 2. The molecular weight excluding hydrogens is 306 g/mol. The summed E-state index contributed by atoms with van der Waals surface area (Å²) in [7, 11) is 1.27. The first kappa shape index (κ1) is 15.6. The third-order valence-electron chi connectivity index (χ3n) is 3.51. The number of ether oxygens (including phenoxy) is 1. The molecule has 2 heterocycles. The summed E-state index contributed by atoms with van der Waals surface area (Å²) in [5, 5.41) is 3.27. The Morgan fingerprint density at radius 1 is 1.08 bits per heavy atom. The summed E-state index contributed by atoms with van der Waals surface area (Å²) >= 11 is 0. The molecule has 0 bridgehead atoms. The summed E-state index contributed by atoms with van der Waals surface area (Å²) in [6.45, 7) is -0.190. The molecular formula is C18H15N3O3. The molecule has 0 aliphatic carbocycles. The maximum absolute atomic E-state index is 12.5. The lowest BCUT2D eigenvalue weighted by atomic mass is 10.1. The maximum atomic E-state index is 12.5. The average Bonchev–Trinajstić information content (AvgIpc) is 2.65. The van der Waals surface area contributed by atoms with Crippen LogP contribution in [0, 0.1) is 0 Å². The highest BCUT2D eigenvalue weighted by Crippen LogP contribution is 2.23. The Kier molecular flexibility index (Phi) is 4.47. The Hall–Kier alpha value is -3.28. The zero-order valence-electron chi connectivity index (χ0n) is 13.0. The minimum atomic E-state index is -0.508. The number of amides is 1. The Bertz CT molecular complexity index is 894. The van der Waals surface area contributed by atoms with Crippen molar-refractivity contribution in [3.63, 3.8) is 0 Å². The fraction of sp³-hybridized carbons (Fsp3) is 0.111. The lowest BCUT2D eigenvalue weighted by molar-refractivity contribution is -0.139. The first-order chi connectivity index (χ1) is 11.7. The van der Waals surface area contributed by atoms with E-state index in [1.165, 1.54) is 7.11 Å². The average molecular weight is 321 g/mol. The molecule has 6 heteroatoms. The van der Waals surface area contributed by atoms with Gasteiger partial charge in [0.2, 0.25) is 0 Å². The van der Waals surface area contributed by atoms with Gasteiger partial charge in [0.05, 0.1) is 29.6 Å². The van der Waals surface area contributed by atoms with Crippen molar-refractivity contribution in [1.82, 2.24) is 15.3 Å². The molecule has 0 spiro atoms. The Labute approximate surface area is 138 Å². The number of hydrogen-bond acceptors (Lipinski definition) is 5. The van der Waals surface area contributed by atoms with Gasteiger partial charge < -0.3 is 10.1 Å². The minimum absolute atomic E-state index is 0.190. The number of esters is 1. The lowest BCUT2D eigenvalue weighted by Gasteiger charge is -2.09. The quantitative estimate of drug-likeness (QED) is 0.745. The van der Waals surface area contributed by atoms with E-state index in [0.29, 0.717) is 27.9 Å². The minimum Gasteiger partial charge on any atom is -0.468 e. The van der Waals surface area contributed by atoms with Crippen LogP contribution in [-0.2, 0) is 9.53 Å². The first-order valence-corrected chi connectivity index (χ1v) is 7.35. The molecule has 1 N–H and O–H groups in total. The number of rotatable bonds is 4. The van der Waals surface area contributed by atoms with Crippen molar-refractivity contribution in [3.05, 3.63) is 60.3 Å². The number of nitrogens with zero attached hydrogens (tertiary/aromatic N) is 2. The van der Waals surface area contributed by atoms with Gasteiger partial charge in [-0.25, -0.2) is 4.98 Å². The van der Waals surface area contributed by atoms with Crippen LogP contribution in [0.25, 0.3) is 22.3 Å². The van der Waals surface area contributed by atoms with E-state index in [-0.39, 0.29) is 12.5 Å². The highest BCUT2D eigenvalue weighted by Gasteiger charge is 2.15. The number of carbonyl (C=O) groups excluding carboxylic acids is 2. The molecule has 2 aromatic heterocycles. The van der Waals surface area contributed by atoms with E-state index in [1.54, 1.807) is 12.3 Å². The SMILES string of the molecule is COC(=O)CNC(=O)c1cc(-c2ccccn2)nc2ccccc12. The van der Waals surface area contributed by atoms with Crippen LogP contribution in [0.15, 0.2) is 54.7 Å². The van der Waals surface area contributed by atoms with Gasteiger partial charge in [-0.05, 0) is 24.3 Å². The second-order valence-corrected chi connectivity index (χ2v) is 5.05. The van der Waals surface area contributed by atoms with Gasteiger partial charge in [0.25, 0.3) is 5.91 Å². The monoisotopic (exact) mass is 321 g/mol. The third-order valence-corrected chi connectivity index (χ3v) is 3.51. The number of para-hydroxylation sites is 1. The molecule has 120 valence electrons. The largest absolute Gasteiger partial charge is 0.468 e. The van der Waals surface area contributed by atoms with E-state index in [0.717, 1.165) is 0 Å². The third kappa shape index (κ3) is 3.22. The van der Waals surface area contributed by atoms with E-state index in [4.69, 9.17) is 0 Å². The van der Waals surface area contributed by atoms with Crippen LogP contribution in [0.5, 0.6) is 0 Å². The molecule has 24 heavy (non-hydrogen) atoms. The number of hydrogen-bond donors (Lipinski definition) is 1. The van der Waals surface area contributed by atoms with Crippen molar-refractivity contribution in [2.75, 3.05) is 13.7 Å². The molecule has 3 aromatic rings. The Balaban J connectivity index is 2.05. The van der Waals surface area contributed by atoms with Crippen LogP contribution in [0.2, 0.25) is 0 Å². The van der Waals surface area contributed by atoms with Crippen molar-refractivity contribution < 1.29 is 14.3 Å². The smallest absolute Gasteiger partial charge is 0.325 e. The predicted octanol–water partition coefficient (Wildman–Crippen LogP) is 2.20. The molecule has 0 fully saturated rings. The number of aromatic nitrogens is 2. The standard InChI is InChI=1S/C18H15N3O3/c1-24-17(22)11-20-18(23)13-10-16(15-8-4-5-9-19-15)21-14-7-3-2-6-12(13)14/h2-10H,11H2,1H3,(H,20,23). The van der Waals surface area contributed by atoms with Crippen molar-refractivity contribution in [2.45, 2.75) is 0 Å². The van der Waals surface area contributed by atoms with Crippen molar-refractivity contribution in [2.24, 2.45) is 0 Å². The number of pyridine rings is 2. The van der Waals surface area contributed by atoms with Crippen LogP contribution >= 0.6 is 0 Å². The van der Waals surface area contributed by atoms with Gasteiger partial charge in [-0.2, -0.15) is 0 Å². The van der Waals surface area contributed by atoms with E-state index in [1.807, 2.05) is 42.5 Å². The molecule has 1 amide bonds. The summed E-state index contributed by atoms with van der Waals surface area (Å²) in [5.74, 6) is -0.872. The number of methoxy groups -OCH3 is 1. The zero-order valence-corrected chi connectivity index (χ0v) is 13.0. The van der Waals surface area contributed by atoms with Gasteiger partial charge in [-0.15, -0.1) is 0 Å². The van der Waals surface area contributed by atoms with E-state index in [2.05, 4.69) is 20.0 Å². The van der Waals surface area contributed by atoms with Crippen LogP contribution < -0.4 is 5.32 Å². The normalized spacial score (nSPS) is 10.4. The van der Waals surface area contributed by atoms with Crippen LogP contribution in [0.1, 0.15) is 10.4 Å². The number of nitrogens with one attached hydrogen (secondary N) is 1. The maximum Gasteiger partial charge on any atom is 0.325 e. The molecule has 0 saturated carbocycles. The summed E-state index contributed by atoms with van der Waals surface area (Å²) in [6, 6.07) is 14.5.